The van der Waals surface area contributed by atoms with E-state index in [1.165, 1.54) is 44.1 Å². The van der Waals surface area contributed by atoms with Crippen LogP contribution in [0.2, 0.25) is 0 Å². The molecule has 2 fully saturated rings. The summed E-state index contributed by atoms with van der Waals surface area (Å²) < 4.78 is 11.5. The lowest BCUT2D eigenvalue weighted by Crippen LogP contribution is -2.46. The number of benzene rings is 1. The lowest BCUT2D eigenvalue weighted by molar-refractivity contribution is -0.183. The van der Waals surface area contributed by atoms with Crippen molar-refractivity contribution in [3.8, 4) is 0 Å². The van der Waals surface area contributed by atoms with E-state index in [4.69, 9.17) is 9.47 Å². The maximum absolute atomic E-state index is 5.76. The van der Waals surface area contributed by atoms with Crippen LogP contribution in [0.1, 0.15) is 63.9 Å². The number of piperidine rings is 1. The zero-order valence-electron chi connectivity index (χ0n) is 15.2. The third-order valence-corrected chi connectivity index (χ3v) is 5.47. The van der Waals surface area contributed by atoms with Gasteiger partial charge < -0.3 is 9.47 Å². The largest absolute Gasteiger partial charge is 0.353 e. The minimum atomic E-state index is 0.0314. The van der Waals surface area contributed by atoms with Crippen LogP contribution in [-0.2, 0) is 16.0 Å². The van der Waals surface area contributed by atoms with Crippen LogP contribution in [0.4, 0.5) is 0 Å². The van der Waals surface area contributed by atoms with Gasteiger partial charge in [0.2, 0.25) is 0 Å². The van der Waals surface area contributed by atoms with Crippen LogP contribution in [0.5, 0.6) is 0 Å². The van der Waals surface area contributed by atoms with Gasteiger partial charge in [-0.1, -0.05) is 50.1 Å². The van der Waals surface area contributed by atoms with Crippen LogP contribution in [0.3, 0.4) is 0 Å². The van der Waals surface area contributed by atoms with Crippen molar-refractivity contribution >= 4 is 0 Å². The van der Waals surface area contributed by atoms with E-state index in [0.717, 1.165) is 38.6 Å². The van der Waals surface area contributed by atoms with E-state index < -0.39 is 0 Å². The molecule has 0 bridgehead atoms. The van der Waals surface area contributed by atoms with Crippen LogP contribution in [0.25, 0.3) is 0 Å². The van der Waals surface area contributed by atoms with Crippen molar-refractivity contribution < 1.29 is 9.47 Å². The first kappa shape index (κ1) is 17.9. The van der Waals surface area contributed by atoms with E-state index in [1.807, 2.05) is 0 Å². The molecular weight excluding hydrogens is 298 g/mol. The monoisotopic (exact) mass is 331 g/mol. The molecule has 3 nitrogen and oxygen atoms in total. The summed E-state index contributed by atoms with van der Waals surface area (Å²) in [5.74, 6) is 0. The first-order chi connectivity index (χ1) is 11.9. The average molecular weight is 332 g/mol. The van der Waals surface area contributed by atoms with Gasteiger partial charge in [-0.2, -0.15) is 0 Å². The van der Waals surface area contributed by atoms with E-state index in [9.17, 15) is 0 Å². The maximum Gasteiger partial charge on any atom is 0.157 e. The van der Waals surface area contributed by atoms with Gasteiger partial charge >= 0.3 is 0 Å². The standard InChI is InChI=1S/C21H33NO2/c1-2-8-19-11-6-12-20(13-14-21-23-15-7-16-24-21)22(19)17-18-9-4-3-5-10-18/h3-5,9-10,19-21H,2,6-8,11-17H2,1H3/t19-,20-/m1/s1. The normalized spacial score (nSPS) is 26.5. The Labute approximate surface area is 147 Å². The molecule has 2 atom stereocenters. The van der Waals surface area contributed by atoms with Crippen molar-refractivity contribution in [2.75, 3.05) is 13.2 Å². The number of likely N-dealkylation sites (tertiary alicyclic amines) is 1. The Morgan fingerprint density at radius 3 is 2.33 bits per heavy atom. The highest BCUT2D eigenvalue weighted by molar-refractivity contribution is 5.15. The number of hydrogen-bond acceptors (Lipinski definition) is 3. The Balaban J connectivity index is 1.62. The highest BCUT2D eigenvalue weighted by atomic mass is 16.7. The van der Waals surface area contributed by atoms with E-state index in [0.29, 0.717) is 6.04 Å². The molecule has 1 aromatic carbocycles. The first-order valence-corrected chi connectivity index (χ1v) is 9.89. The second kappa shape index (κ2) is 9.55. The summed E-state index contributed by atoms with van der Waals surface area (Å²) in [5.41, 5.74) is 1.44. The summed E-state index contributed by atoms with van der Waals surface area (Å²) in [6.07, 6.45) is 9.94. The van der Waals surface area contributed by atoms with Crippen LogP contribution in [0, 0.1) is 0 Å². The Kier molecular flexibility index (Phi) is 7.13. The Bertz CT molecular complexity index is 456. The Morgan fingerprint density at radius 2 is 1.62 bits per heavy atom. The van der Waals surface area contributed by atoms with Crippen LogP contribution < -0.4 is 0 Å². The molecule has 3 heteroatoms. The fourth-order valence-electron chi connectivity index (χ4n) is 4.26. The summed E-state index contributed by atoms with van der Waals surface area (Å²) in [6, 6.07) is 12.4. The van der Waals surface area contributed by atoms with Crippen molar-refractivity contribution in [2.24, 2.45) is 0 Å². The molecular formula is C21H33NO2. The van der Waals surface area contributed by atoms with E-state index >= 15 is 0 Å². The predicted molar refractivity (Wildman–Crippen MR) is 97.9 cm³/mol. The van der Waals surface area contributed by atoms with E-state index in [-0.39, 0.29) is 6.29 Å². The van der Waals surface area contributed by atoms with Crippen LogP contribution >= 0.6 is 0 Å². The fourth-order valence-corrected chi connectivity index (χ4v) is 4.26. The van der Waals surface area contributed by atoms with Crippen molar-refractivity contribution in [3.05, 3.63) is 35.9 Å². The molecule has 0 spiro atoms. The minimum Gasteiger partial charge on any atom is -0.353 e. The molecule has 2 saturated heterocycles. The molecule has 2 heterocycles. The third-order valence-electron chi connectivity index (χ3n) is 5.47. The summed E-state index contributed by atoms with van der Waals surface area (Å²) >= 11 is 0. The summed E-state index contributed by atoms with van der Waals surface area (Å²) in [5, 5.41) is 0. The summed E-state index contributed by atoms with van der Waals surface area (Å²) in [4.78, 5) is 2.78. The van der Waals surface area contributed by atoms with Crippen molar-refractivity contribution in [1.82, 2.24) is 4.90 Å². The Hall–Kier alpha value is -0.900. The number of rotatable bonds is 7. The molecule has 0 N–H and O–H groups in total. The molecule has 0 saturated carbocycles. The molecule has 1 aromatic rings. The Morgan fingerprint density at radius 1 is 0.917 bits per heavy atom. The van der Waals surface area contributed by atoms with Gasteiger partial charge in [-0.3, -0.25) is 4.90 Å². The van der Waals surface area contributed by atoms with Gasteiger partial charge in [0.25, 0.3) is 0 Å². The van der Waals surface area contributed by atoms with Gasteiger partial charge in [0, 0.05) is 18.6 Å². The van der Waals surface area contributed by atoms with Crippen molar-refractivity contribution in [2.45, 2.75) is 83.2 Å². The lowest BCUT2D eigenvalue weighted by atomic mass is 9.90. The molecule has 24 heavy (non-hydrogen) atoms. The molecule has 134 valence electrons. The number of nitrogens with zero attached hydrogens (tertiary/aromatic N) is 1. The van der Waals surface area contributed by atoms with E-state index in [1.54, 1.807) is 0 Å². The van der Waals surface area contributed by atoms with Gasteiger partial charge in [-0.15, -0.1) is 0 Å². The minimum absolute atomic E-state index is 0.0314. The van der Waals surface area contributed by atoms with Gasteiger partial charge in [-0.25, -0.2) is 0 Å². The highest BCUT2D eigenvalue weighted by Crippen LogP contribution is 2.31. The maximum atomic E-state index is 5.76. The summed E-state index contributed by atoms with van der Waals surface area (Å²) in [7, 11) is 0. The SMILES string of the molecule is CCC[C@@H]1CCC[C@H](CCC2OCCCO2)N1Cc1ccccc1. The zero-order valence-corrected chi connectivity index (χ0v) is 15.2. The molecule has 0 unspecified atom stereocenters. The molecule has 2 aliphatic heterocycles. The second-order valence-corrected chi connectivity index (χ2v) is 7.29. The van der Waals surface area contributed by atoms with Gasteiger partial charge in [0.05, 0.1) is 13.2 Å². The molecule has 0 aliphatic carbocycles. The van der Waals surface area contributed by atoms with Gasteiger partial charge in [-0.05, 0) is 44.1 Å². The van der Waals surface area contributed by atoms with Crippen molar-refractivity contribution in [3.63, 3.8) is 0 Å². The smallest absolute Gasteiger partial charge is 0.157 e. The molecule has 0 aromatic heterocycles. The van der Waals surface area contributed by atoms with Crippen LogP contribution in [0.15, 0.2) is 30.3 Å². The molecule has 3 rings (SSSR count). The van der Waals surface area contributed by atoms with Gasteiger partial charge in [0.15, 0.2) is 6.29 Å². The van der Waals surface area contributed by atoms with Crippen molar-refractivity contribution in [1.29, 1.82) is 0 Å². The highest BCUT2D eigenvalue weighted by Gasteiger charge is 2.30. The average Bonchev–Trinajstić information content (AvgIpc) is 2.64. The van der Waals surface area contributed by atoms with E-state index in [2.05, 4.69) is 42.2 Å². The second-order valence-electron chi connectivity index (χ2n) is 7.29. The molecule has 0 radical (unpaired) electrons. The first-order valence-electron chi connectivity index (χ1n) is 9.89. The third kappa shape index (κ3) is 5.05. The number of ether oxygens (including phenoxy) is 2. The predicted octanol–water partition coefficient (Wildman–Crippen LogP) is 4.75. The zero-order chi connectivity index (χ0) is 16.6. The van der Waals surface area contributed by atoms with Crippen LogP contribution in [-0.4, -0.2) is 36.5 Å². The summed E-state index contributed by atoms with van der Waals surface area (Å²) in [6.45, 7) is 5.12. The molecule has 2 aliphatic rings. The molecule has 0 amide bonds. The lowest BCUT2D eigenvalue weighted by Gasteiger charge is -2.43. The fraction of sp³-hybridized carbons (Fsp3) is 0.714. The van der Waals surface area contributed by atoms with Gasteiger partial charge in [0.1, 0.15) is 0 Å². The quantitative estimate of drug-likeness (QED) is 0.719. The number of hydrogen-bond donors (Lipinski definition) is 0. The topological polar surface area (TPSA) is 21.7 Å².